The summed E-state index contributed by atoms with van der Waals surface area (Å²) < 4.78 is 0. The van der Waals surface area contributed by atoms with E-state index in [0.29, 0.717) is 5.92 Å². The zero-order valence-corrected chi connectivity index (χ0v) is 13.6. The van der Waals surface area contributed by atoms with Crippen molar-refractivity contribution >= 4 is 23.2 Å². The van der Waals surface area contributed by atoms with Gasteiger partial charge in [-0.1, -0.05) is 19.9 Å². The van der Waals surface area contributed by atoms with Gasteiger partial charge in [-0.15, -0.1) is 11.3 Å². The summed E-state index contributed by atoms with van der Waals surface area (Å²) in [5.41, 5.74) is -0.709. The summed E-state index contributed by atoms with van der Waals surface area (Å²) in [6.45, 7) is 6.28. The number of rotatable bonds is 4. The number of nitrogens with zero attached hydrogens (tertiary/aromatic N) is 1. The Kier molecular flexibility index (Phi) is 3.56. The summed E-state index contributed by atoms with van der Waals surface area (Å²) >= 11 is 1.65. The first-order valence-electron chi connectivity index (χ1n) is 7.59. The first-order chi connectivity index (χ1) is 9.93. The third-order valence-electron chi connectivity index (χ3n) is 4.61. The zero-order valence-electron chi connectivity index (χ0n) is 12.8. The van der Waals surface area contributed by atoms with E-state index in [1.165, 1.54) is 0 Å². The van der Waals surface area contributed by atoms with Gasteiger partial charge in [-0.05, 0) is 43.0 Å². The largest absolute Gasteiger partial charge is 0.340 e. The molecule has 1 saturated heterocycles. The van der Waals surface area contributed by atoms with E-state index in [0.717, 1.165) is 17.7 Å². The van der Waals surface area contributed by atoms with E-state index in [1.807, 2.05) is 18.4 Å². The van der Waals surface area contributed by atoms with Gasteiger partial charge in [-0.3, -0.25) is 9.59 Å². The maximum atomic E-state index is 13.0. The molecule has 1 aromatic rings. The lowest BCUT2D eigenvalue weighted by Crippen LogP contribution is -2.67. The van der Waals surface area contributed by atoms with Crippen LogP contribution in [-0.2, 0) is 9.59 Å². The van der Waals surface area contributed by atoms with Crippen molar-refractivity contribution in [2.75, 3.05) is 6.54 Å². The Hall–Kier alpha value is -1.36. The highest BCUT2D eigenvalue weighted by atomic mass is 32.1. The topological polar surface area (TPSA) is 49.4 Å². The van der Waals surface area contributed by atoms with E-state index in [1.54, 1.807) is 16.2 Å². The molecular weight excluding hydrogens is 284 g/mol. The molecular formula is C16H22N2O2S. The Morgan fingerprint density at radius 3 is 2.62 bits per heavy atom. The molecule has 0 spiro atoms. The van der Waals surface area contributed by atoms with Gasteiger partial charge in [0.25, 0.3) is 0 Å². The van der Waals surface area contributed by atoms with Crippen LogP contribution in [-0.4, -0.2) is 28.8 Å². The maximum Gasteiger partial charge on any atom is 0.249 e. The normalized spacial score (nSPS) is 27.9. The van der Waals surface area contributed by atoms with Crippen molar-refractivity contribution < 1.29 is 9.59 Å². The standard InChI is InChI=1S/C16H22N2O2S/c1-10(2)14(12-5-4-8-21-12)18-9-13(19)17-16(3,15(18)20)11-6-7-11/h4-5,8,10-11,14H,6-7,9H2,1-3H3,(H,17,19). The summed E-state index contributed by atoms with van der Waals surface area (Å²) in [6, 6.07) is 4.05. The molecule has 2 amide bonds. The SMILES string of the molecule is CC(C)C(c1cccs1)N1CC(=O)NC(C)(C2CC2)C1=O. The first-order valence-corrected chi connectivity index (χ1v) is 8.47. The molecule has 114 valence electrons. The predicted octanol–water partition coefficient (Wildman–Crippen LogP) is 2.57. The van der Waals surface area contributed by atoms with Gasteiger partial charge in [0.2, 0.25) is 11.8 Å². The molecule has 2 atom stereocenters. The summed E-state index contributed by atoms with van der Waals surface area (Å²) in [5, 5.41) is 4.97. The second-order valence-electron chi connectivity index (χ2n) is 6.66. The zero-order chi connectivity index (χ0) is 15.2. The highest BCUT2D eigenvalue weighted by molar-refractivity contribution is 7.10. The van der Waals surface area contributed by atoms with E-state index in [9.17, 15) is 9.59 Å². The number of nitrogens with one attached hydrogen (secondary N) is 1. The van der Waals surface area contributed by atoms with Crippen LogP contribution in [0.3, 0.4) is 0 Å². The Balaban J connectivity index is 1.95. The van der Waals surface area contributed by atoms with E-state index in [4.69, 9.17) is 0 Å². The van der Waals surface area contributed by atoms with E-state index in [2.05, 4.69) is 25.2 Å². The summed E-state index contributed by atoms with van der Waals surface area (Å²) in [7, 11) is 0. The van der Waals surface area contributed by atoms with Crippen molar-refractivity contribution in [3.05, 3.63) is 22.4 Å². The van der Waals surface area contributed by atoms with Gasteiger partial charge in [0.05, 0.1) is 6.04 Å². The maximum absolute atomic E-state index is 13.0. The van der Waals surface area contributed by atoms with Gasteiger partial charge in [-0.25, -0.2) is 0 Å². The van der Waals surface area contributed by atoms with Gasteiger partial charge < -0.3 is 10.2 Å². The van der Waals surface area contributed by atoms with Crippen LogP contribution >= 0.6 is 11.3 Å². The van der Waals surface area contributed by atoms with E-state index in [-0.39, 0.29) is 30.3 Å². The third kappa shape index (κ3) is 2.48. The van der Waals surface area contributed by atoms with Crippen LogP contribution in [0.1, 0.15) is 44.5 Å². The molecule has 2 unspecified atom stereocenters. The molecule has 3 rings (SSSR count). The van der Waals surface area contributed by atoms with Crippen molar-refractivity contribution in [3.63, 3.8) is 0 Å². The number of carbonyl (C=O) groups is 2. The number of thiophene rings is 1. The lowest BCUT2D eigenvalue weighted by atomic mass is 9.89. The smallest absolute Gasteiger partial charge is 0.249 e. The fourth-order valence-electron chi connectivity index (χ4n) is 3.37. The minimum Gasteiger partial charge on any atom is -0.340 e. The number of amides is 2. The Morgan fingerprint density at radius 1 is 1.38 bits per heavy atom. The molecule has 1 aliphatic carbocycles. The van der Waals surface area contributed by atoms with Gasteiger partial charge in [0, 0.05) is 4.88 Å². The summed E-state index contributed by atoms with van der Waals surface area (Å²) in [6.07, 6.45) is 2.06. The van der Waals surface area contributed by atoms with Crippen LogP contribution in [0.4, 0.5) is 0 Å². The molecule has 2 fully saturated rings. The first kappa shape index (κ1) is 14.6. The van der Waals surface area contributed by atoms with Gasteiger partial charge >= 0.3 is 0 Å². The molecule has 0 radical (unpaired) electrons. The summed E-state index contributed by atoms with van der Waals surface area (Å²) in [4.78, 5) is 28.2. The fraction of sp³-hybridized carbons (Fsp3) is 0.625. The fourth-order valence-corrected chi connectivity index (χ4v) is 4.38. The van der Waals surface area contributed by atoms with Gasteiger partial charge in [0.1, 0.15) is 12.1 Å². The van der Waals surface area contributed by atoms with Gasteiger partial charge in [0.15, 0.2) is 0 Å². The third-order valence-corrected chi connectivity index (χ3v) is 5.56. The van der Waals surface area contributed by atoms with Crippen molar-refractivity contribution in [1.29, 1.82) is 0 Å². The second kappa shape index (κ2) is 5.13. The van der Waals surface area contributed by atoms with Crippen molar-refractivity contribution in [2.45, 2.75) is 45.2 Å². The molecule has 5 heteroatoms. The average molecular weight is 306 g/mol. The average Bonchev–Trinajstić information content (AvgIpc) is 3.14. The van der Waals surface area contributed by atoms with Crippen LogP contribution < -0.4 is 5.32 Å². The Bertz CT molecular complexity index is 551. The molecule has 2 aliphatic rings. The van der Waals surface area contributed by atoms with E-state index >= 15 is 0 Å². The number of piperazine rings is 1. The molecule has 0 bridgehead atoms. The molecule has 21 heavy (non-hydrogen) atoms. The van der Waals surface area contributed by atoms with Crippen LogP contribution in [0, 0.1) is 11.8 Å². The highest BCUT2D eigenvalue weighted by Crippen LogP contribution is 2.44. The van der Waals surface area contributed by atoms with E-state index < -0.39 is 5.54 Å². The predicted molar refractivity (Wildman–Crippen MR) is 82.9 cm³/mol. The van der Waals surface area contributed by atoms with Crippen LogP contribution in [0.15, 0.2) is 17.5 Å². The minimum absolute atomic E-state index is 0.0124. The summed E-state index contributed by atoms with van der Waals surface area (Å²) in [5.74, 6) is 0.623. The van der Waals surface area contributed by atoms with Gasteiger partial charge in [-0.2, -0.15) is 0 Å². The molecule has 1 aliphatic heterocycles. The number of hydrogen-bond acceptors (Lipinski definition) is 3. The van der Waals surface area contributed by atoms with Crippen molar-refractivity contribution in [2.24, 2.45) is 11.8 Å². The highest BCUT2D eigenvalue weighted by Gasteiger charge is 2.54. The molecule has 4 nitrogen and oxygen atoms in total. The van der Waals surface area contributed by atoms with Crippen LogP contribution in [0.25, 0.3) is 0 Å². The molecule has 0 aromatic carbocycles. The Morgan fingerprint density at radius 2 is 2.10 bits per heavy atom. The van der Waals surface area contributed by atoms with Crippen molar-refractivity contribution in [1.82, 2.24) is 10.2 Å². The lowest BCUT2D eigenvalue weighted by molar-refractivity contribution is -0.153. The Labute approximate surface area is 129 Å². The molecule has 1 saturated carbocycles. The monoisotopic (exact) mass is 306 g/mol. The molecule has 1 N–H and O–H groups in total. The van der Waals surface area contributed by atoms with Crippen molar-refractivity contribution in [3.8, 4) is 0 Å². The molecule has 2 heterocycles. The quantitative estimate of drug-likeness (QED) is 0.929. The minimum atomic E-state index is -0.709. The molecule has 1 aromatic heterocycles. The second-order valence-corrected chi connectivity index (χ2v) is 7.64. The number of carbonyl (C=O) groups excluding carboxylic acids is 2. The van der Waals surface area contributed by atoms with Crippen LogP contribution in [0.2, 0.25) is 0 Å². The van der Waals surface area contributed by atoms with Crippen LogP contribution in [0.5, 0.6) is 0 Å². The lowest BCUT2D eigenvalue weighted by Gasteiger charge is -2.44. The number of hydrogen-bond donors (Lipinski definition) is 1.